The van der Waals surface area contributed by atoms with Crippen molar-refractivity contribution in [1.82, 2.24) is 10.2 Å². The van der Waals surface area contributed by atoms with E-state index in [9.17, 15) is 9.59 Å². The molecular formula is C19H30N2O3S. The molecule has 2 saturated heterocycles. The molecule has 0 saturated carbocycles. The number of rotatable bonds is 6. The third-order valence-electron chi connectivity index (χ3n) is 5.73. The van der Waals surface area contributed by atoms with Crippen LogP contribution in [0.3, 0.4) is 0 Å². The summed E-state index contributed by atoms with van der Waals surface area (Å²) in [5.74, 6) is 1.88. The van der Waals surface area contributed by atoms with Crippen molar-refractivity contribution >= 4 is 23.6 Å². The Kier molecular flexibility index (Phi) is 6.44. The van der Waals surface area contributed by atoms with Crippen LogP contribution in [-0.4, -0.2) is 60.6 Å². The molecule has 4 atom stereocenters. The van der Waals surface area contributed by atoms with Gasteiger partial charge in [0.1, 0.15) is 0 Å². The van der Waals surface area contributed by atoms with Gasteiger partial charge in [0, 0.05) is 42.3 Å². The molecule has 0 radical (unpaired) electrons. The first-order chi connectivity index (χ1) is 12.1. The van der Waals surface area contributed by atoms with Crippen LogP contribution in [0.2, 0.25) is 0 Å². The van der Waals surface area contributed by atoms with E-state index in [4.69, 9.17) is 4.74 Å². The van der Waals surface area contributed by atoms with Crippen LogP contribution < -0.4 is 5.32 Å². The van der Waals surface area contributed by atoms with Gasteiger partial charge in [-0.1, -0.05) is 13.0 Å². The van der Waals surface area contributed by atoms with Crippen molar-refractivity contribution in [3.63, 3.8) is 0 Å². The van der Waals surface area contributed by atoms with Crippen molar-refractivity contribution < 1.29 is 14.3 Å². The Morgan fingerprint density at radius 3 is 2.68 bits per heavy atom. The predicted octanol–water partition coefficient (Wildman–Crippen LogP) is 2.22. The second-order valence-corrected chi connectivity index (χ2v) is 8.50. The van der Waals surface area contributed by atoms with Crippen LogP contribution >= 0.6 is 11.8 Å². The van der Waals surface area contributed by atoms with Crippen LogP contribution in [-0.2, 0) is 14.3 Å². The van der Waals surface area contributed by atoms with Gasteiger partial charge in [-0.2, -0.15) is 11.8 Å². The number of hydrogen-bond donors (Lipinski definition) is 1. The molecule has 0 spiro atoms. The van der Waals surface area contributed by atoms with E-state index in [1.54, 1.807) is 11.8 Å². The zero-order valence-electron chi connectivity index (χ0n) is 15.3. The number of amides is 2. The zero-order valence-corrected chi connectivity index (χ0v) is 16.1. The standard InChI is InChI=1S/C19H30N2O3S/c1-13(12-25-2)19(23)21-16-3-4-17(21)10-14(9-16)11-20-18(22)15-5-7-24-8-6-15/h5,13-14,16-17H,3-4,6-12H2,1-2H3,(H,20,22)/t13?,14?,16-,17+. The Balaban J connectivity index is 1.51. The first-order valence-electron chi connectivity index (χ1n) is 9.46. The second kappa shape index (κ2) is 8.58. The molecule has 3 heterocycles. The molecule has 0 aliphatic carbocycles. The summed E-state index contributed by atoms with van der Waals surface area (Å²) in [6.07, 6.45) is 8.94. The Morgan fingerprint density at radius 2 is 2.08 bits per heavy atom. The van der Waals surface area contributed by atoms with Gasteiger partial charge >= 0.3 is 0 Å². The maximum atomic E-state index is 12.8. The lowest BCUT2D eigenvalue weighted by Crippen LogP contribution is -2.50. The third kappa shape index (κ3) is 4.40. The zero-order chi connectivity index (χ0) is 17.8. The van der Waals surface area contributed by atoms with Crippen LogP contribution in [0.5, 0.6) is 0 Å². The van der Waals surface area contributed by atoms with E-state index in [2.05, 4.69) is 16.5 Å². The number of nitrogens with zero attached hydrogens (tertiary/aromatic N) is 1. The molecule has 1 N–H and O–H groups in total. The highest BCUT2D eigenvalue weighted by Crippen LogP contribution is 2.39. The lowest BCUT2D eigenvalue weighted by molar-refractivity contribution is -0.139. The van der Waals surface area contributed by atoms with Gasteiger partial charge in [-0.3, -0.25) is 9.59 Å². The highest BCUT2D eigenvalue weighted by atomic mass is 32.2. The number of hydrogen-bond acceptors (Lipinski definition) is 4. The first kappa shape index (κ1) is 18.8. The summed E-state index contributed by atoms with van der Waals surface area (Å²) < 4.78 is 5.26. The van der Waals surface area contributed by atoms with Gasteiger partial charge in [0.25, 0.3) is 0 Å². The molecule has 0 aromatic carbocycles. The fourth-order valence-electron chi connectivity index (χ4n) is 4.48. The number of carbonyl (C=O) groups excluding carboxylic acids is 2. The summed E-state index contributed by atoms with van der Waals surface area (Å²) in [6, 6.07) is 0.750. The Morgan fingerprint density at radius 1 is 1.36 bits per heavy atom. The minimum Gasteiger partial charge on any atom is -0.377 e. The summed E-state index contributed by atoms with van der Waals surface area (Å²) in [5.41, 5.74) is 0.854. The smallest absolute Gasteiger partial charge is 0.247 e. The van der Waals surface area contributed by atoms with Gasteiger partial charge in [-0.05, 0) is 37.9 Å². The quantitative estimate of drug-likeness (QED) is 0.783. The molecular weight excluding hydrogens is 336 g/mol. The molecule has 3 aliphatic heterocycles. The Labute approximate surface area is 154 Å². The molecule has 2 amide bonds. The van der Waals surface area contributed by atoms with Crippen LogP contribution in [0, 0.1) is 11.8 Å². The van der Waals surface area contributed by atoms with Crippen molar-refractivity contribution in [2.75, 3.05) is 31.8 Å². The largest absolute Gasteiger partial charge is 0.377 e. The molecule has 0 aromatic heterocycles. The monoisotopic (exact) mass is 366 g/mol. The molecule has 2 bridgehead atoms. The molecule has 140 valence electrons. The van der Waals surface area contributed by atoms with E-state index < -0.39 is 0 Å². The van der Waals surface area contributed by atoms with Gasteiger partial charge in [-0.25, -0.2) is 0 Å². The predicted molar refractivity (Wildman–Crippen MR) is 100 cm³/mol. The fourth-order valence-corrected chi connectivity index (χ4v) is 5.12. The molecule has 6 heteroatoms. The lowest BCUT2D eigenvalue weighted by atomic mass is 9.89. The minimum atomic E-state index is 0.0581. The van der Waals surface area contributed by atoms with Crippen LogP contribution in [0.4, 0.5) is 0 Å². The summed E-state index contributed by atoms with van der Waals surface area (Å²) in [7, 11) is 0. The van der Waals surface area contributed by atoms with E-state index in [0.717, 1.165) is 43.6 Å². The number of piperidine rings is 1. The van der Waals surface area contributed by atoms with Gasteiger partial charge < -0.3 is 15.0 Å². The Bertz CT molecular complexity index is 523. The summed E-state index contributed by atoms with van der Waals surface area (Å²) in [5, 5.41) is 3.11. The first-order valence-corrected chi connectivity index (χ1v) is 10.9. The van der Waals surface area contributed by atoms with Crippen LogP contribution in [0.25, 0.3) is 0 Å². The van der Waals surface area contributed by atoms with Crippen molar-refractivity contribution in [1.29, 1.82) is 0 Å². The topological polar surface area (TPSA) is 58.6 Å². The normalized spacial score (nSPS) is 29.9. The molecule has 3 aliphatic rings. The SMILES string of the molecule is CSCC(C)C(=O)N1[C@@H]2CC[C@H]1CC(CNC(=O)C1=CCOCC1)C2. The lowest BCUT2D eigenvalue weighted by Gasteiger charge is -2.40. The average Bonchev–Trinajstić information content (AvgIpc) is 2.90. The van der Waals surface area contributed by atoms with Crippen molar-refractivity contribution in [3.05, 3.63) is 11.6 Å². The van der Waals surface area contributed by atoms with Gasteiger partial charge in [0.15, 0.2) is 0 Å². The van der Waals surface area contributed by atoms with Crippen molar-refractivity contribution in [2.24, 2.45) is 11.8 Å². The molecule has 2 unspecified atom stereocenters. The van der Waals surface area contributed by atoms with Crippen LogP contribution in [0.15, 0.2) is 11.6 Å². The highest BCUT2D eigenvalue weighted by Gasteiger charge is 2.43. The summed E-state index contributed by atoms with van der Waals surface area (Å²) in [6.45, 7) is 3.96. The Hall–Kier alpha value is -1.01. The van der Waals surface area contributed by atoms with Gasteiger partial charge in [0.2, 0.25) is 11.8 Å². The average molecular weight is 367 g/mol. The second-order valence-electron chi connectivity index (χ2n) is 7.59. The van der Waals surface area contributed by atoms with Gasteiger partial charge in [-0.15, -0.1) is 0 Å². The number of thioether (sulfide) groups is 1. The van der Waals surface area contributed by atoms with E-state index in [-0.39, 0.29) is 11.8 Å². The van der Waals surface area contributed by atoms with E-state index in [0.29, 0.717) is 43.5 Å². The minimum absolute atomic E-state index is 0.0581. The number of carbonyl (C=O) groups is 2. The third-order valence-corrected chi connectivity index (χ3v) is 6.56. The molecule has 3 rings (SSSR count). The number of nitrogens with one attached hydrogen (secondary N) is 1. The number of ether oxygens (including phenoxy) is 1. The van der Waals surface area contributed by atoms with Crippen molar-refractivity contribution in [2.45, 2.75) is 51.1 Å². The summed E-state index contributed by atoms with van der Waals surface area (Å²) in [4.78, 5) is 27.2. The van der Waals surface area contributed by atoms with Crippen LogP contribution in [0.1, 0.15) is 39.0 Å². The summed E-state index contributed by atoms with van der Waals surface area (Å²) >= 11 is 1.74. The van der Waals surface area contributed by atoms with E-state index in [1.165, 1.54) is 0 Å². The maximum Gasteiger partial charge on any atom is 0.247 e. The van der Waals surface area contributed by atoms with Crippen molar-refractivity contribution in [3.8, 4) is 0 Å². The van der Waals surface area contributed by atoms with E-state index >= 15 is 0 Å². The molecule has 0 aromatic rings. The molecule has 5 nitrogen and oxygen atoms in total. The highest BCUT2D eigenvalue weighted by molar-refractivity contribution is 7.98. The molecule has 2 fully saturated rings. The maximum absolute atomic E-state index is 12.8. The number of fused-ring (bicyclic) bond motifs is 2. The fraction of sp³-hybridized carbons (Fsp3) is 0.789. The molecule has 25 heavy (non-hydrogen) atoms. The van der Waals surface area contributed by atoms with Gasteiger partial charge in [0.05, 0.1) is 13.2 Å². The van der Waals surface area contributed by atoms with E-state index in [1.807, 2.05) is 13.0 Å².